The van der Waals surface area contributed by atoms with Crippen molar-refractivity contribution in [3.05, 3.63) is 53.1 Å². The standard InChI is InChI=1S/C22H31N3O3/c1-6-23-22(24-13-12-17-14-16(2)10-11-19(17)26-3)25-15-18-8-7-9-20(27-4)21(18)28-5/h7-11,14H,6,12-13,15H2,1-5H3,(H2,23,24,25). The average Bonchev–Trinajstić information content (AvgIpc) is 2.71. The SMILES string of the molecule is CCNC(=NCc1cccc(OC)c1OC)NCCc1cc(C)ccc1OC. The molecular formula is C22H31N3O3. The summed E-state index contributed by atoms with van der Waals surface area (Å²) < 4.78 is 16.3. The van der Waals surface area contributed by atoms with Crippen LogP contribution in [-0.4, -0.2) is 40.4 Å². The van der Waals surface area contributed by atoms with Crippen LogP contribution in [0.3, 0.4) is 0 Å². The van der Waals surface area contributed by atoms with Crippen molar-refractivity contribution in [1.29, 1.82) is 0 Å². The summed E-state index contributed by atoms with van der Waals surface area (Å²) in [6, 6.07) is 12.0. The zero-order chi connectivity index (χ0) is 20.4. The van der Waals surface area contributed by atoms with Crippen LogP contribution in [0.2, 0.25) is 0 Å². The topological polar surface area (TPSA) is 64.1 Å². The minimum atomic E-state index is 0.490. The fraction of sp³-hybridized carbons (Fsp3) is 0.409. The summed E-state index contributed by atoms with van der Waals surface area (Å²) in [7, 11) is 4.98. The lowest BCUT2D eigenvalue weighted by molar-refractivity contribution is 0.352. The number of aliphatic imine (C=N–C) groups is 1. The highest BCUT2D eigenvalue weighted by Crippen LogP contribution is 2.31. The molecule has 0 saturated carbocycles. The number of rotatable bonds is 9. The molecule has 0 aliphatic carbocycles. The molecule has 152 valence electrons. The number of para-hydroxylation sites is 1. The molecule has 0 aromatic heterocycles. The summed E-state index contributed by atoms with van der Waals surface area (Å²) in [6.45, 7) is 6.16. The second kappa shape index (κ2) is 11.1. The molecule has 0 radical (unpaired) electrons. The third-order valence-corrected chi connectivity index (χ3v) is 4.36. The number of nitrogens with one attached hydrogen (secondary N) is 2. The number of benzene rings is 2. The van der Waals surface area contributed by atoms with Gasteiger partial charge in [-0.3, -0.25) is 0 Å². The van der Waals surface area contributed by atoms with E-state index in [2.05, 4.69) is 34.7 Å². The van der Waals surface area contributed by atoms with E-state index in [1.165, 1.54) is 11.1 Å². The van der Waals surface area contributed by atoms with Gasteiger partial charge in [0.05, 0.1) is 27.9 Å². The third-order valence-electron chi connectivity index (χ3n) is 4.36. The minimum absolute atomic E-state index is 0.490. The zero-order valence-electron chi connectivity index (χ0n) is 17.5. The van der Waals surface area contributed by atoms with Crippen LogP contribution in [0.15, 0.2) is 41.4 Å². The highest BCUT2D eigenvalue weighted by Gasteiger charge is 2.09. The van der Waals surface area contributed by atoms with Crippen molar-refractivity contribution in [2.45, 2.75) is 26.8 Å². The molecule has 0 aliphatic heterocycles. The Balaban J connectivity index is 2.05. The number of guanidine groups is 1. The second-order valence-electron chi connectivity index (χ2n) is 6.34. The molecular weight excluding hydrogens is 354 g/mol. The Kier molecular flexibility index (Phi) is 8.46. The maximum Gasteiger partial charge on any atom is 0.191 e. The highest BCUT2D eigenvalue weighted by atomic mass is 16.5. The van der Waals surface area contributed by atoms with Gasteiger partial charge in [-0.1, -0.05) is 29.8 Å². The smallest absolute Gasteiger partial charge is 0.191 e. The predicted molar refractivity (Wildman–Crippen MR) is 114 cm³/mol. The van der Waals surface area contributed by atoms with E-state index >= 15 is 0 Å². The maximum atomic E-state index is 5.49. The lowest BCUT2D eigenvalue weighted by Gasteiger charge is -2.14. The molecule has 0 saturated heterocycles. The molecule has 0 aliphatic rings. The van der Waals surface area contributed by atoms with Crippen LogP contribution in [0, 0.1) is 6.92 Å². The van der Waals surface area contributed by atoms with Crippen molar-refractivity contribution in [1.82, 2.24) is 10.6 Å². The normalized spacial score (nSPS) is 11.1. The Bertz CT molecular complexity index is 791. The molecule has 2 aromatic rings. The Morgan fingerprint density at radius 1 is 0.929 bits per heavy atom. The number of methoxy groups -OCH3 is 3. The number of aryl methyl sites for hydroxylation is 1. The molecule has 2 aromatic carbocycles. The van der Waals surface area contributed by atoms with Gasteiger partial charge in [0.1, 0.15) is 5.75 Å². The molecule has 0 bridgehead atoms. The van der Waals surface area contributed by atoms with Crippen molar-refractivity contribution in [2.75, 3.05) is 34.4 Å². The van der Waals surface area contributed by atoms with Gasteiger partial charge in [-0.2, -0.15) is 0 Å². The van der Waals surface area contributed by atoms with E-state index in [-0.39, 0.29) is 0 Å². The molecule has 6 heteroatoms. The predicted octanol–water partition coefficient (Wildman–Crippen LogP) is 3.32. The molecule has 6 nitrogen and oxygen atoms in total. The summed E-state index contributed by atoms with van der Waals surface area (Å²) in [4.78, 5) is 4.69. The molecule has 0 spiro atoms. The van der Waals surface area contributed by atoms with E-state index in [1.54, 1.807) is 21.3 Å². The van der Waals surface area contributed by atoms with Gasteiger partial charge in [0.2, 0.25) is 0 Å². The van der Waals surface area contributed by atoms with Crippen LogP contribution in [0.25, 0.3) is 0 Å². The van der Waals surface area contributed by atoms with E-state index in [4.69, 9.17) is 14.2 Å². The molecule has 0 fully saturated rings. The lowest BCUT2D eigenvalue weighted by Crippen LogP contribution is -2.38. The van der Waals surface area contributed by atoms with Crippen molar-refractivity contribution in [3.8, 4) is 17.2 Å². The van der Waals surface area contributed by atoms with Gasteiger partial charge >= 0.3 is 0 Å². The first-order valence-corrected chi connectivity index (χ1v) is 9.48. The van der Waals surface area contributed by atoms with Gasteiger partial charge in [-0.15, -0.1) is 0 Å². The van der Waals surface area contributed by atoms with E-state index < -0.39 is 0 Å². The average molecular weight is 386 g/mol. The molecule has 0 heterocycles. The molecule has 2 N–H and O–H groups in total. The monoisotopic (exact) mass is 385 g/mol. The second-order valence-corrected chi connectivity index (χ2v) is 6.34. The number of hydrogen-bond donors (Lipinski definition) is 2. The summed E-state index contributed by atoms with van der Waals surface area (Å²) in [5.41, 5.74) is 3.38. The maximum absolute atomic E-state index is 5.49. The van der Waals surface area contributed by atoms with Crippen LogP contribution in [0.1, 0.15) is 23.6 Å². The number of nitrogens with zero attached hydrogens (tertiary/aromatic N) is 1. The van der Waals surface area contributed by atoms with Gasteiger partial charge in [0, 0.05) is 18.7 Å². The third kappa shape index (κ3) is 5.81. The number of ether oxygens (including phenoxy) is 3. The van der Waals surface area contributed by atoms with E-state index in [1.807, 2.05) is 31.2 Å². The van der Waals surface area contributed by atoms with Crippen LogP contribution in [0.4, 0.5) is 0 Å². The minimum Gasteiger partial charge on any atom is -0.496 e. The van der Waals surface area contributed by atoms with E-state index in [0.29, 0.717) is 18.0 Å². The Morgan fingerprint density at radius 3 is 2.39 bits per heavy atom. The Hall–Kier alpha value is -2.89. The summed E-state index contributed by atoms with van der Waals surface area (Å²) in [5, 5.41) is 6.67. The zero-order valence-corrected chi connectivity index (χ0v) is 17.5. The fourth-order valence-electron chi connectivity index (χ4n) is 3.00. The van der Waals surface area contributed by atoms with Crippen molar-refractivity contribution in [2.24, 2.45) is 4.99 Å². The van der Waals surface area contributed by atoms with E-state index in [0.717, 1.165) is 36.8 Å². The van der Waals surface area contributed by atoms with Gasteiger partial charge in [-0.25, -0.2) is 4.99 Å². The van der Waals surface area contributed by atoms with Crippen LogP contribution in [-0.2, 0) is 13.0 Å². The number of hydrogen-bond acceptors (Lipinski definition) is 4. The lowest BCUT2D eigenvalue weighted by atomic mass is 10.1. The Labute approximate surface area is 167 Å². The first-order chi connectivity index (χ1) is 13.6. The van der Waals surface area contributed by atoms with E-state index in [9.17, 15) is 0 Å². The van der Waals surface area contributed by atoms with Crippen LogP contribution >= 0.6 is 0 Å². The van der Waals surface area contributed by atoms with Crippen LogP contribution in [0.5, 0.6) is 17.2 Å². The molecule has 28 heavy (non-hydrogen) atoms. The van der Waals surface area contributed by atoms with Crippen molar-refractivity contribution in [3.63, 3.8) is 0 Å². The van der Waals surface area contributed by atoms with Crippen LogP contribution < -0.4 is 24.8 Å². The molecule has 0 atom stereocenters. The first kappa shape index (κ1) is 21.4. The quantitative estimate of drug-likeness (QED) is 0.512. The Morgan fingerprint density at radius 2 is 1.71 bits per heavy atom. The molecule has 0 unspecified atom stereocenters. The molecule has 2 rings (SSSR count). The van der Waals surface area contributed by atoms with Crippen molar-refractivity contribution >= 4 is 5.96 Å². The largest absolute Gasteiger partial charge is 0.496 e. The van der Waals surface area contributed by atoms with Gasteiger partial charge in [-0.05, 0) is 38.0 Å². The highest BCUT2D eigenvalue weighted by molar-refractivity contribution is 5.79. The molecule has 0 amide bonds. The van der Waals surface area contributed by atoms with Gasteiger partial charge in [0.25, 0.3) is 0 Å². The van der Waals surface area contributed by atoms with Crippen molar-refractivity contribution < 1.29 is 14.2 Å². The summed E-state index contributed by atoms with van der Waals surface area (Å²) in [5.74, 6) is 3.10. The summed E-state index contributed by atoms with van der Waals surface area (Å²) >= 11 is 0. The van der Waals surface area contributed by atoms with Gasteiger partial charge in [0.15, 0.2) is 17.5 Å². The fourth-order valence-corrected chi connectivity index (χ4v) is 3.00. The summed E-state index contributed by atoms with van der Waals surface area (Å²) in [6.07, 6.45) is 0.845. The first-order valence-electron chi connectivity index (χ1n) is 9.48. The van der Waals surface area contributed by atoms with Gasteiger partial charge < -0.3 is 24.8 Å².